The van der Waals surface area contributed by atoms with E-state index in [1.54, 1.807) is 41.7 Å². The lowest BCUT2D eigenvalue weighted by Gasteiger charge is -2.21. The van der Waals surface area contributed by atoms with E-state index in [2.05, 4.69) is 21.7 Å². The van der Waals surface area contributed by atoms with Gasteiger partial charge in [-0.3, -0.25) is 9.59 Å². The van der Waals surface area contributed by atoms with Gasteiger partial charge in [-0.1, -0.05) is 26.0 Å². The summed E-state index contributed by atoms with van der Waals surface area (Å²) in [7, 11) is 1.22. The van der Waals surface area contributed by atoms with Gasteiger partial charge in [-0.05, 0) is 59.0 Å². The highest BCUT2D eigenvalue weighted by atomic mass is 32.1. The van der Waals surface area contributed by atoms with Crippen molar-refractivity contribution < 1.29 is 29.0 Å². The molecule has 0 unspecified atom stereocenters. The van der Waals surface area contributed by atoms with Crippen molar-refractivity contribution in [2.24, 2.45) is 11.1 Å². The number of aliphatic hydroxyl groups is 1. The number of aliphatic hydroxyl groups excluding tert-OH is 1. The van der Waals surface area contributed by atoms with Gasteiger partial charge in [0.15, 0.2) is 5.69 Å². The van der Waals surface area contributed by atoms with Gasteiger partial charge < -0.3 is 30.9 Å². The van der Waals surface area contributed by atoms with E-state index in [0.717, 1.165) is 21.6 Å². The van der Waals surface area contributed by atoms with Crippen LogP contribution in [0, 0.1) is 5.41 Å². The summed E-state index contributed by atoms with van der Waals surface area (Å²) in [5.74, 6) is -1.13. The molecule has 0 aliphatic carbocycles. The predicted octanol–water partition coefficient (Wildman–Crippen LogP) is 4.66. The first kappa shape index (κ1) is 30.9. The maximum absolute atomic E-state index is 13.9. The fourth-order valence-electron chi connectivity index (χ4n) is 4.77. The van der Waals surface area contributed by atoms with Crippen LogP contribution in [0.2, 0.25) is 0 Å². The Labute approximate surface area is 259 Å². The van der Waals surface area contributed by atoms with Crippen LogP contribution in [-0.2, 0) is 17.7 Å². The van der Waals surface area contributed by atoms with Gasteiger partial charge in [0, 0.05) is 64.4 Å². The van der Waals surface area contributed by atoms with Crippen molar-refractivity contribution in [2.75, 3.05) is 32.2 Å². The molecule has 0 saturated heterocycles. The van der Waals surface area contributed by atoms with Crippen LogP contribution in [-0.4, -0.2) is 54.7 Å². The maximum atomic E-state index is 13.9. The number of nitrogens with one attached hydrogen (secondary N) is 2. The Morgan fingerprint density at radius 3 is 2.52 bits per heavy atom. The van der Waals surface area contributed by atoms with Gasteiger partial charge in [0.1, 0.15) is 11.4 Å². The number of rotatable bonds is 9. The van der Waals surface area contributed by atoms with E-state index in [9.17, 15) is 19.5 Å². The Morgan fingerprint density at radius 1 is 1.05 bits per heavy atom. The molecule has 44 heavy (non-hydrogen) atoms. The summed E-state index contributed by atoms with van der Waals surface area (Å²) < 4.78 is 11.2. The second-order valence-electron chi connectivity index (χ2n) is 11.2. The van der Waals surface area contributed by atoms with Crippen LogP contribution < -0.4 is 21.1 Å². The minimum absolute atomic E-state index is 0.0110. The molecule has 10 nitrogen and oxygen atoms in total. The van der Waals surface area contributed by atoms with E-state index in [4.69, 9.17) is 15.2 Å². The zero-order chi connectivity index (χ0) is 31.4. The van der Waals surface area contributed by atoms with Gasteiger partial charge in [-0.2, -0.15) is 0 Å². The molecule has 3 heterocycles. The molecular weight excluding hydrogens is 580 g/mol. The molecule has 11 heteroatoms. The predicted molar refractivity (Wildman–Crippen MR) is 169 cm³/mol. The SMILES string of the molecule is COC(=O)c1nc(C(=O)NCC(C)(C)CO)ccc1-c1cc2c(cc1C(=O)Nc1ccc(CN)cc1)-c1sccc1CCO2. The molecule has 4 aromatic rings. The van der Waals surface area contributed by atoms with E-state index >= 15 is 0 Å². The van der Waals surface area contributed by atoms with Crippen molar-refractivity contribution in [2.45, 2.75) is 26.8 Å². The lowest BCUT2D eigenvalue weighted by atomic mass is 9.93. The number of hydrogen-bond donors (Lipinski definition) is 4. The summed E-state index contributed by atoms with van der Waals surface area (Å²) in [6.45, 7) is 4.51. The number of fused-ring (bicyclic) bond motifs is 3. The number of nitrogens with zero attached hydrogens (tertiary/aromatic N) is 1. The molecule has 1 aliphatic heterocycles. The van der Waals surface area contributed by atoms with E-state index in [1.165, 1.54) is 13.2 Å². The summed E-state index contributed by atoms with van der Waals surface area (Å²) in [6.07, 6.45) is 0.712. The molecule has 5 N–H and O–H groups in total. The molecule has 0 atom stereocenters. The largest absolute Gasteiger partial charge is 0.493 e. The standard InChI is InChI=1S/C33H34N4O6S/c1-33(2,18-38)17-35-31(40)26-9-8-22(28(37-26)32(41)42-3)23-15-27-25(29-20(10-12-43-27)11-13-44-29)14-24(23)30(39)36-21-6-4-19(16-34)5-7-21/h4-9,11,13-15,38H,10,12,16-18,34H2,1-3H3,(H,35,40)(H,36,39). The Bertz CT molecular complexity index is 1710. The van der Waals surface area contributed by atoms with E-state index < -0.39 is 23.2 Å². The third-order valence-electron chi connectivity index (χ3n) is 7.38. The molecule has 5 rings (SSSR count). The average Bonchev–Trinajstić information content (AvgIpc) is 3.44. The number of anilines is 1. The smallest absolute Gasteiger partial charge is 0.357 e. The number of ether oxygens (including phenoxy) is 2. The fraction of sp³-hybridized carbons (Fsp3) is 0.273. The molecule has 0 spiro atoms. The number of methoxy groups -OCH3 is 1. The Kier molecular flexibility index (Phi) is 9.09. The van der Waals surface area contributed by atoms with Crippen LogP contribution in [0.3, 0.4) is 0 Å². The number of aromatic nitrogens is 1. The van der Waals surface area contributed by atoms with E-state index in [1.807, 2.05) is 31.4 Å². The van der Waals surface area contributed by atoms with Gasteiger partial charge >= 0.3 is 5.97 Å². The van der Waals surface area contributed by atoms with E-state index in [0.29, 0.717) is 42.1 Å². The number of pyridine rings is 1. The normalized spacial score (nSPS) is 12.3. The number of carbonyl (C=O) groups excluding carboxylic acids is 3. The monoisotopic (exact) mass is 614 g/mol. The van der Waals surface area contributed by atoms with Crippen molar-refractivity contribution >= 4 is 34.8 Å². The first-order chi connectivity index (χ1) is 21.1. The second kappa shape index (κ2) is 13.0. The summed E-state index contributed by atoms with van der Waals surface area (Å²) in [6, 6.07) is 15.8. The first-order valence-corrected chi connectivity index (χ1v) is 15.0. The molecule has 2 amide bonds. The molecule has 2 aromatic carbocycles. The van der Waals surface area contributed by atoms with Crippen LogP contribution in [0.25, 0.3) is 21.6 Å². The molecule has 0 bridgehead atoms. The van der Waals surface area contributed by atoms with Gasteiger partial charge in [-0.25, -0.2) is 9.78 Å². The third kappa shape index (κ3) is 6.49. The highest BCUT2D eigenvalue weighted by Crippen LogP contribution is 2.43. The van der Waals surface area contributed by atoms with E-state index in [-0.39, 0.29) is 30.1 Å². The minimum Gasteiger partial charge on any atom is -0.493 e. The lowest BCUT2D eigenvalue weighted by Crippen LogP contribution is -2.36. The van der Waals surface area contributed by atoms with Crippen molar-refractivity contribution in [1.29, 1.82) is 0 Å². The van der Waals surface area contributed by atoms with Crippen molar-refractivity contribution in [3.05, 3.63) is 88.1 Å². The number of thiophene rings is 1. The number of nitrogens with two attached hydrogens (primary N) is 1. The summed E-state index contributed by atoms with van der Waals surface area (Å²) >= 11 is 1.57. The maximum Gasteiger partial charge on any atom is 0.357 e. The number of benzene rings is 2. The van der Waals surface area contributed by atoms with Gasteiger partial charge in [-0.15, -0.1) is 11.3 Å². The topological polar surface area (TPSA) is 153 Å². The van der Waals surface area contributed by atoms with Crippen molar-refractivity contribution in [3.63, 3.8) is 0 Å². The Balaban J connectivity index is 1.62. The highest BCUT2D eigenvalue weighted by Gasteiger charge is 2.27. The lowest BCUT2D eigenvalue weighted by molar-refractivity contribution is 0.0594. The summed E-state index contributed by atoms with van der Waals surface area (Å²) in [4.78, 5) is 45.3. The number of esters is 1. The van der Waals surface area contributed by atoms with Gasteiger partial charge in [0.05, 0.1) is 13.7 Å². The Morgan fingerprint density at radius 2 is 1.82 bits per heavy atom. The summed E-state index contributed by atoms with van der Waals surface area (Å²) in [5, 5.41) is 17.3. The highest BCUT2D eigenvalue weighted by molar-refractivity contribution is 7.13. The van der Waals surface area contributed by atoms with Crippen LogP contribution >= 0.6 is 11.3 Å². The zero-order valence-electron chi connectivity index (χ0n) is 24.7. The molecule has 1 aliphatic rings. The molecule has 2 aromatic heterocycles. The number of hydrogen-bond acceptors (Lipinski definition) is 9. The molecular formula is C33H34N4O6S. The molecule has 0 saturated carbocycles. The Hall–Kier alpha value is -4.58. The van der Waals surface area contributed by atoms with Crippen LogP contribution in [0.1, 0.15) is 56.3 Å². The van der Waals surface area contributed by atoms with Crippen molar-refractivity contribution in [3.8, 4) is 27.3 Å². The van der Waals surface area contributed by atoms with Crippen LogP contribution in [0.15, 0.2) is 60.0 Å². The van der Waals surface area contributed by atoms with Crippen LogP contribution in [0.4, 0.5) is 5.69 Å². The zero-order valence-corrected chi connectivity index (χ0v) is 25.5. The average molecular weight is 615 g/mol. The number of amides is 2. The molecule has 0 radical (unpaired) electrons. The van der Waals surface area contributed by atoms with Gasteiger partial charge in [0.25, 0.3) is 11.8 Å². The molecule has 0 fully saturated rings. The minimum atomic E-state index is -0.773. The summed E-state index contributed by atoms with van der Waals surface area (Å²) in [5.41, 5.74) is 9.42. The first-order valence-electron chi connectivity index (χ1n) is 14.1. The second-order valence-corrected chi connectivity index (χ2v) is 12.1. The van der Waals surface area contributed by atoms with Gasteiger partial charge in [0.2, 0.25) is 0 Å². The third-order valence-corrected chi connectivity index (χ3v) is 8.37. The number of carbonyl (C=O) groups is 3. The molecule has 228 valence electrons. The van der Waals surface area contributed by atoms with Crippen molar-refractivity contribution in [1.82, 2.24) is 10.3 Å². The van der Waals surface area contributed by atoms with Crippen LogP contribution in [0.5, 0.6) is 5.75 Å². The fourth-order valence-corrected chi connectivity index (χ4v) is 5.75. The quantitative estimate of drug-likeness (QED) is 0.199.